The number of benzene rings is 2. The zero-order valence-corrected chi connectivity index (χ0v) is 16.0. The number of hydrogen-bond donors (Lipinski definition) is 0. The molecule has 2 aromatic heterocycles. The lowest BCUT2D eigenvalue weighted by Gasteiger charge is -2.10. The number of nitriles is 1. The van der Waals surface area contributed by atoms with Crippen molar-refractivity contribution in [2.75, 3.05) is 0 Å². The fraction of sp³-hybridized carbons (Fsp3) is 0.136. The third-order valence-corrected chi connectivity index (χ3v) is 4.51. The van der Waals surface area contributed by atoms with Gasteiger partial charge in [-0.3, -0.25) is 9.36 Å². The van der Waals surface area contributed by atoms with Gasteiger partial charge >= 0.3 is 5.97 Å². The molecule has 2 aromatic carbocycles. The molecule has 8 heteroatoms. The van der Waals surface area contributed by atoms with Crippen LogP contribution < -0.4 is 5.56 Å². The summed E-state index contributed by atoms with van der Waals surface area (Å²) in [6.45, 7) is 1.13. The first-order valence-electron chi connectivity index (χ1n) is 9.14. The monoisotopic (exact) mass is 400 g/mol. The van der Waals surface area contributed by atoms with Gasteiger partial charge in [-0.05, 0) is 31.2 Å². The third kappa shape index (κ3) is 3.56. The lowest BCUT2D eigenvalue weighted by Crippen LogP contribution is -2.26. The van der Waals surface area contributed by atoms with Crippen LogP contribution in [-0.4, -0.2) is 20.5 Å². The van der Waals surface area contributed by atoms with Gasteiger partial charge in [-0.15, -0.1) is 0 Å². The van der Waals surface area contributed by atoms with Crippen molar-refractivity contribution < 1.29 is 13.9 Å². The van der Waals surface area contributed by atoms with E-state index < -0.39 is 5.97 Å². The SMILES string of the molecule is Cc1oc(-c2ccccc2)nc1C(=O)OCc1nc2ccccc2c(=O)n1CC#N. The summed E-state index contributed by atoms with van der Waals surface area (Å²) >= 11 is 0. The van der Waals surface area contributed by atoms with Gasteiger partial charge in [-0.2, -0.15) is 5.26 Å². The Morgan fingerprint density at radius 2 is 1.87 bits per heavy atom. The molecule has 0 N–H and O–H groups in total. The van der Waals surface area contributed by atoms with Crippen LogP contribution in [0.2, 0.25) is 0 Å². The summed E-state index contributed by atoms with van der Waals surface area (Å²) in [6, 6.07) is 17.9. The molecule has 0 aliphatic heterocycles. The van der Waals surface area contributed by atoms with Crippen molar-refractivity contribution in [1.82, 2.24) is 14.5 Å². The Kier molecular flexibility index (Phi) is 5.09. The first kappa shape index (κ1) is 19.1. The molecule has 30 heavy (non-hydrogen) atoms. The van der Waals surface area contributed by atoms with E-state index in [9.17, 15) is 9.59 Å². The molecule has 0 spiro atoms. The average Bonchev–Trinajstić information content (AvgIpc) is 3.17. The minimum Gasteiger partial charge on any atom is -0.453 e. The van der Waals surface area contributed by atoms with Crippen LogP contribution in [0.25, 0.3) is 22.4 Å². The van der Waals surface area contributed by atoms with E-state index >= 15 is 0 Å². The van der Waals surface area contributed by atoms with Crippen molar-refractivity contribution in [3.63, 3.8) is 0 Å². The number of para-hydroxylation sites is 1. The van der Waals surface area contributed by atoms with Crippen molar-refractivity contribution >= 4 is 16.9 Å². The van der Waals surface area contributed by atoms with Crippen LogP contribution in [-0.2, 0) is 17.9 Å². The average molecular weight is 400 g/mol. The summed E-state index contributed by atoms with van der Waals surface area (Å²) < 4.78 is 12.1. The number of carbonyl (C=O) groups excluding carboxylic acids is 1. The second kappa shape index (κ2) is 8.01. The normalized spacial score (nSPS) is 10.7. The Morgan fingerprint density at radius 1 is 1.13 bits per heavy atom. The molecule has 0 saturated heterocycles. The number of ether oxygens (including phenoxy) is 1. The molecular formula is C22H16N4O4. The lowest BCUT2D eigenvalue weighted by atomic mass is 10.2. The molecule has 0 aliphatic rings. The Balaban J connectivity index is 1.61. The molecule has 0 amide bonds. The van der Waals surface area contributed by atoms with Crippen molar-refractivity contribution in [3.05, 3.63) is 82.2 Å². The predicted octanol–water partition coefficient (Wildman–Crippen LogP) is 3.24. The quantitative estimate of drug-likeness (QED) is 0.473. The zero-order valence-electron chi connectivity index (χ0n) is 16.0. The second-order valence-electron chi connectivity index (χ2n) is 6.46. The van der Waals surface area contributed by atoms with Crippen LogP contribution in [0.1, 0.15) is 22.1 Å². The number of carbonyl (C=O) groups is 1. The van der Waals surface area contributed by atoms with Crippen molar-refractivity contribution in [2.45, 2.75) is 20.1 Å². The van der Waals surface area contributed by atoms with Gasteiger partial charge in [-0.25, -0.2) is 14.8 Å². The second-order valence-corrected chi connectivity index (χ2v) is 6.46. The Hall–Kier alpha value is -4.25. The summed E-state index contributed by atoms with van der Waals surface area (Å²) in [6.07, 6.45) is 0. The number of aromatic nitrogens is 3. The van der Waals surface area contributed by atoms with Gasteiger partial charge in [0.25, 0.3) is 5.56 Å². The fourth-order valence-corrected chi connectivity index (χ4v) is 3.05. The Bertz CT molecular complexity index is 1330. The summed E-state index contributed by atoms with van der Waals surface area (Å²) in [7, 11) is 0. The largest absolute Gasteiger partial charge is 0.453 e. The molecule has 2 heterocycles. The first-order valence-corrected chi connectivity index (χ1v) is 9.14. The summed E-state index contributed by atoms with van der Waals surface area (Å²) in [5, 5.41) is 9.47. The van der Waals surface area contributed by atoms with E-state index in [2.05, 4.69) is 9.97 Å². The molecule has 4 rings (SSSR count). The van der Waals surface area contributed by atoms with Gasteiger partial charge < -0.3 is 9.15 Å². The smallest absolute Gasteiger partial charge is 0.361 e. The molecule has 0 fully saturated rings. The number of esters is 1. The summed E-state index contributed by atoms with van der Waals surface area (Å²) in [5.74, 6) is 0.104. The highest BCUT2D eigenvalue weighted by atomic mass is 16.5. The van der Waals surface area contributed by atoms with E-state index in [-0.39, 0.29) is 30.2 Å². The van der Waals surface area contributed by atoms with Gasteiger partial charge in [-0.1, -0.05) is 30.3 Å². The number of nitrogens with zero attached hydrogens (tertiary/aromatic N) is 4. The van der Waals surface area contributed by atoms with Crippen LogP contribution in [0.5, 0.6) is 0 Å². The highest BCUT2D eigenvalue weighted by Gasteiger charge is 2.21. The molecule has 0 saturated carbocycles. The molecule has 4 aromatic rings. The molecule has 0 bridgehead atoms. The maximum atomic E-state index is 12.7. The minimum atomic E-state index is -0.704. The highest BCUT2D eigenvalue weighted by molar-refractivity contribution is 5.89. The molecule has 8 nitrogen and oxygen atoms in total. The highest BCUT2D eigenvalue weighted by Crippen LogP contribution is 2.22. The van der Waals surface area contributed by atoms with Crippen LogP contribution in [0.3, 0.4) is 0 Å². The Morgan fingerprint density at radius 3 is 2.63 bits per heavy atom. The number of aryl methyl sites for hydroxylation is 1. The van der Waals surface area contributed by atoms with E-state index in [1.54, 1.807) is 31.2 Å². The third-order valence-electron chi connectivity index (χ3n) is 4.51. The van der Waals surface area contributed by atoms with Crippen LogP contribution in [0.4, 0.5) is 0 Å². The molecule has 0 radical (unpaired) electrons. The van der Waals surface area contributed by atoms with Gasteiger partial charge in [0, 0.05) is 5.56 Å². The van der Waals surface area contributed by atoms with E-state index in [0.29, 0.717) is 22.6 Å². The van der Waals surface area contributed by atoms with Crippen LogP contribution in [0, 0.1) is 18.3 Å². The van der Waals surface area contributed by atoms with E-state index in [1.807, 2.05) is 36.4 Å². The van der Waals surface area contributed by atoms with Crippen LogP contribution >= 0.6 is 0 Å². The molecular weight excluding hydrogens is 384 g/mol. The molecule has 0 unspecified atom stereocenters. The molecule has 0 atom stereocenters. The van der Waals surface area contributed by atoms with Crippen LogP contribution in [0.15, 0.2) is 63.8 Å². The van der Waals surface area contributed by atoms with Crippen molar-refractivity contribution in [2.24, 2.45) is 0 Å². The van der Waals surface area contributed by atoms with Gasteiger partial charge in [0.05, 0.1) is 17.0 Å². The van der Waals surface area contributed by atoms with Gasteiger partial charge in [0.2, 0.25) is 5.89 Å². The Labute approximate surface area is 171 Å². The maximum Gasteiger partial charge on any atom is 0.361 e. The number of hydrogen-bond acceptors (Lipinski definition) is 7. The van der Waals surface area contributed by atoms with E-state index in [0.717, 1.165) is 5.56 Å². The lowest BCUT2D eigenvalue weighted by molar-refractivity contribution is 0.0449. The minimum absolute atomic E-state index is 0.0452. The van der Waals surface area contributed by atoms with Gasteiger partial charge in [0.15, 0.2) is 11.5 Å². The van der Waals surface area contributed by atoms with E-state index in [1.165, 1.54) is 4.57 Å². The summed E-state index contributed by atoms with van der Waals surface area (Å²) in [5.41, 5.74) is 0.881. The standard InChI is InChI=1S/C22H16N4O4/c1-14-19(25-20(30-14)15-7-3-2-4-8-15)22(28)29-13-18-24-17-10-6-5-9-16(17)21(27)26(18)12-11-23/h2-10H,12-13H2,1H3. The topological polar surface area (TPSA) is 111 Å². The van der Waals surface area contributed by atoms with Gasteiger partial charge in [0.1, 0.15) is 18.9 Å². The molecule has 148 valence electrons. The first-order chi connectivity index (χ1) is 14.6. The maximum absolute atomic E-state index is 12.7. The summed E-state index contributed by atoms with van der Waals surface area (Å²) in [4.78, 5) is 33.9. The number of oxazole rings is 1. The molecule has 0 aliphatic carbocycles. The fourth-order valence-electron chi connectivity index (χ4n) is 3.05. The predicted molar refractivity (Wildman–Crippen MR) is 107 cm³/mol. The van der Waals surface area contributed by atoms with E-state index in [4.69, 9.17) is 14.4 Å². The zero-order chi connectivity index (χ0) is 21.1. The van der Waals surface area contributed by atoms with Crippen molar-refractivity contribution in [1.29, 1.82) is 5.26 Å². The number of fused-ring (bicyclic) bond motifs is 1. The number of rotatable bonds is 5. The van der Waals surface area contributed by atoms with Crippen molar-refractivity contribution in [3.8, 4) is 17.5 Å².